The zero-order valence-electron chi connectivity index (χ0n) is 12.4. The van der Waals surface area contributed by atoms with Crippen molar-refractivity contribution in [1.82, 2.24) is 19.7 Å². The van der Waals surface area contributed by atoms with E-state index in [-0.39, 0.29) is 6.03 Å². The zero-order chi connectivity index (χ0) is 15.2. The van der Waals surface area contributed by atoms with E-state index in [9.17, 15) is 4.79 Å². The summed E-state index contributed by atoms with van der Waals surface area (Å²) in [5.41, 5.74) is 0.985. The molecule has 2 rings (SSSR count). The second-order valence-corrected chi connectivity index (χ2v) is 4.56. The number of carbonyl (C=O) groups is 1. The largest absolute Gasteiger partial charge is 0.497 e. The van der Waals surface area contributed by atoms with Gasteiger partial charge in [-0.15, -0.1) is 5.10 Å². The Morgan fingerprint density at radius 2 is 2.29 bits per heavy atom. The number of carbonyl (C=O) groups excluding carboxylic acids is 1. The van der Waals surface area contributed by atoms with Crippen molar-refractivity contribution in [3.63, 3.8) is 0 Å². The number of methoxy groups -OCH3 is 1. The first-order valence-corrected chi connectivity index (χ1v) is 6.67. The van der Waals surface area contributed by atoms with Crippen LogP contribution >= 0.6 is 0 Å². The number of urea groups is 1. The molecule has 7 nitrogen and oxygen atoms in total. The number of amides is 2. The predicted octanol–water partition coefficient (Wildman–Crippen LogP) is 1.97. The van der Waals surface area contributed by atoms with E-state index in [1.807, 2.05) is 31.2 Å². The Hall–Kier alpha value is -2.57. The number of aromatic nitrogens is 3. The molecule has 0 atom stereocenters. The Labute approximate surface area is 123 Å². The first-order chi connectivity index (χ1) is 10.1. The maximum absolute atomic E-state index is 12.1. The second-order valence-electron chi connectivity index (χ2n) is 4.56. The number of ether oxygens (including phenoxy) is 1. The molecule has 1 heterocycles. The van der Waals surface area contributed by atoms with E-state index < -0.39 is 0 Å². The van der Waals surface area contributed by atoms with Crippen LogP contribution in [0.2, 0.25) is 0 Å². The normalized spacial score (nSPS) is 10.2. The Balaban J connectivity index is 1.95. The van der Waals surface area contributed by atoms with Gasteiger partial charge in [0.2, 0.25) is 5.95 Å². The first-order valence-electron chi connectivity index (χ1n) is 6.67. The maximum Gasteiger partial charge on any atom is 0.324 e. The molecule has 1 aromatic carbocycles. The molecule has 2 amide bonds. The number of hydrogen-bond acceptors (Lipinski definition) is 4. The topological polar surface area (TPSA) is 72.3 Å². The monoisotopic (exact) mass is 289 g/mol. The van der Waals surface area contributed by atoms with E-state index in [1.54, 1.807) is 30.1 Å². The third kappa shape index (κ3) is 3.95. The molecule has 0 radical (unpaired) electrons. The summed E-state index contributed by atoms with van der Waals surface area (Å²) in [6.07, 6.45) is 1.58. The summed E-state index contributed by atoms with van der Waals surface area (Å²) in [4.78, 5) is 17.6. The fourth-order valence-electron chi connectivity index (χ4n) is 1.81. The number of nitrogens with one attached hydrogen (secondary N) is 1. The molecule has 2 aromatic rings. The van der Waals surface area contributed by atoms with Crippen LogP contribution < -0.4 is 10.1 Å². The van der Waals surface area contributed by atoms with Gasteiger partial charge >= 0.3 is 6.03 Å². The van der Waals surface area contributed by atoms with E-state index in [2.05, 4.69) is 15.4 Å². The van der Waals surface area contributed by atoms with Crippen LogP contribution in [0.1, 0.15) is 12.5 Å². The number of benzene rings is 1. The molecule has 0 fully saturated rings. The molecule has 0 aliphatic carbocycles. The number of nitrogens with zero attached hydrogens (tertiary/aromatic N) is 4. The van der Waals surface area contributed by atoms with Crippen LogP contribution in [0.25, 0.3) is 0 Å². The minimum absolute atomic E-state index is 0.258. The van der Waals surface area contributed by atoms with Gasteiger partial charge in [0.25, 0.3) is 0 Å². The lowest BCUT2D eigenvalue weighted by Gasteiger charge is -2.17. The number of aryl methyl sites for hydroxylation is 1. The van der Waals surface area contributed by atoms with Gasteiger partial charge in [-0.3, -0.25) is 10.00 Å². The first kappa shape index (κ1) is 14.8. The van der Waals surface area contributed by atoms with Gasteiger partial charge in [-0.25, -0.2) is 9.78 Å². The lowest BCUT2D eigenvalue weighted by molar-refractivity contribution is 0.220. The summed E-state index contributed by atoms with van der Waals surface area (Å²) in [5.74, 6) is 1.07. The molecule has 7 heteroatoms. The van der Waals surface area contributed by atoms with Crippen molar-refractivity contribution in [2.75, 3.05) is 19.5 Å². The molecule has 21 heavy (non-hydrogen) atoms. The number of anilines is 1. The molecule has 0 unspecified atom stereocenters. The molecule has 0 saturated heterocycles. The standard InChI is InChI=1S/C14H19N5O2/c1-4-19-10-15-13(17-19)16-14(20)18(2)9-11-6-5-7-12(8-11)21-3/h5-8,10H,4,9H2,1-3H3,(H,16,17,20). The van der Waals surface area contributed by atoms with Crippen molar-refractivity contribution < 1.29 is 9.53 Å². The van der Waals surface area contributed by atoms with Gasteiger partial charge in [-0.1, -0.05) is 12.1 Å². The summed E-state index contributed by atoms with van der Waals surface area (Å²) in [5, 5.41) is 6.77. The average Bonchev–Trinajstić information content (AvgIpc) is 2.95. The fourth-order valence-corrected chi connectivity index (χ4v) is 1.81. The highest BCUT2D eigenvalue weighted by Gasteiger charge is 2.12. The third-order valence-corrected chi connectivity index (χ3v) is 2.98. The molecule has 1 aromatic heterocycles. The van der Waals surface area contributed by atoms with Gasteiger partial charge in [-0.05, 0) is 24.6 Å². The lowest BCUT2D eigenvalue weighted by Crippen LogP contribution is -2.31. The Bertz CT molecular complexity index is 611. The number of rotatable bonds is 5. The Morgan fingerprint density at radius 1 is 1.48 bits per heavy atom. The van der Waals surface area contributed by atoms with Gasteiger partial charge in [0.1, 0.15) is 12.1 Å². The van der Waals surface area contributed by atoms with E-state index in [0.29, 0.717) is 19.0 Å². The maximum atomic E-state index is 12.1. The van der Waals surface area contributed by atoms with Gasteiger partial charge in [0, 0.05) is 20.1 Å². The van der Waals surface area contributed by atoms with Crippen molar-refractivity contribution in [3.05, 3.63) is 36.2 Å². The lowest BCUT2D eigenvalue weighted by atomic mass is 10.2. The Morgan fingerprint density at radius 3 is 2.95 bits per heavy atom. The summed E-state index contributed by atoms with van der Waals surface area (Å²) in [6, 6.07) is 7.34. The van der Waals surface area contributed by atoms with Crippen LogP contribution in [-0.4, -0.2) is 39.9 Å². The van der Waals surface area contributed by atoms with Crippen molar-refractivity contribution in [3.8, 4) is 5.75 Å². The Kier molecular flexibility index (Phi) is 4.76. The van der Waals surface area contributed by atoms with Crippen molar-refractivity contribution in [2.45, 2.75) is 20.0 Å². The fraction of sp³-hybridized carbons (Fsp3) is 0.357. The molecule has 0 spiro atoms. The van der Waals surface area contributed by atoms with Crippen LogP contribution in [-0.2, 0) is 13.1 Å². The molecular formula is C14H19N5O2. The van der Waals surface area contributed by atoms with E-state index >= 15 is 0 Å². The molecule has 0 saturated carbocycles. The van der Waals surface area contributed by atoms with Gasteiger partial charge < -0.3 is 9.64 Å². The van der Waals surface area contributed by atoms with Gasteiger partial charge in [0.15, 0.2) is 0 Å². The molecule has 1 N–H and O–H groups in total. The number of hydrogen-bond donors (Lipinski definition) is 1. The van der Waals surface area contributed by atoms with Crippen LogP contribution in [0.4, 0.5) is 10.7 Å². The van der Waals surface area contributed by atoms with Crippen molar-refractivity contribution >= 4 is 12.0 Å². The van der Waals surface area contributed by atoms with Gasteiger partial charge in [-0.2, -0.15) is 0 Å². The minimum Gasteiger partial charge on any atom is -0.497 e. The van der Waals surface area contributed by atoms with Crippen LogP contribution in [0, 0.1) is 0 Å². The smallest absolute Gasteiger partial charge is 0.324 e. The zero-order valence-corrected chi connectivity index (χ0v) is 12.4. The van der Waals surface area contributed by atoms with Crippen LogP contribution in [0.5, 0.6) is 5.75 Å². The van der Waals surface area contributed by atoms with Crippen molar-refractivity contribution in [1.29, 1.82) is 0 Å². The van der Waals surface area contributed by atoms with E-state index in [0.717, 1.165) is 11.3 Å². The average molecular weight is 289 g/mol. The molecule has 112 valence electrons. The van der Waals surface area contributed by atoms with E-state index in [1.165, 1.54) is 0 Å². The summed E-state index contributed by atoms with van der Waals surface area (Å²) in [6.45, 7) is 3.13. The van der Waals surface area contributed by atoms with E-state index in [4.69, 9.17) is 4.74 Å². The van der Waals surface area contributed by atoms with Gasteiger partial charge in [0.05, 0.1) is 7.11 Å². The third-order valence-electron chi connectivity index (χ3n) is 2.98. The summed E-state index contributed by atoms with van der Waals surface area (Å²) >= 11 is 0. The predicted molar refractivity (Wildman–Crippen MR) is 79.2 cm³/mol. The quantitative estimate of drug-likeness (QED) is 0.913. The molecule has 0 bridgehead atoms. The molecule has 0 aliphatic rings. The highest BCUT2D eigenvalue weighted by atomic mass is 16.5. The van der Waals surface area contributed by atoms with Crippen LogP contribution in [0.15, 0.2) is 30.6 Å². The molecule has 0 aliphatic heterocycles. The minimum atomic E-state index is -0.258. The van der Waals surface area contributed by atoms with Crippen LogP contribution in [0.3, 0.4) is 0 Å². The summed E-state index contributed by atoms with van der Waals surface area (Å²) in [7, 11) is 3.33. The summed E-state index contributed by atoms with van der Waals surface area (Å²) < 4.78 is 6.82. The SMILES string of the molecule is CCn1cnc(NC(=O)N(C)Cc2cccc(OC)c2)n1. The highest BCUT2D eigenvalue weighted by molar-refractivity contribution is 5.87. The second kappa shape index (κ2) is 6.74. The highest BCUT2D eigenvalue weighted by Crippen LogP contribution is 2.14. The molecular weight excluding hydrogens is 270 g/mol. The van der Waals surface area contributed by atoms with Crippen molar-refractivity contribution in [2.24, 2.45) is 0 Å².